The number of unbranched alkanes of at least 4 members (excludes halogenated alkanes) is 2. The Balaban J connectivity index is 1.67. The Hall–Kier alpha value is -2.15. The molecule has 0 aliphatic carbocycles. The van der Waals surface area contributed by atoms with Crippen molar-refractivity contribution in [1.29, 1.82) is 0 Å². The van der Waals surface area contributed by atoms with Crippen molar-refractivity contribution in [2.45, 2.75) is 64.2 Å². The number of carbonyl (C=O) groups is 1. The summed E-state index contributed by atoms with van der Waals surface area (Å²) in [7, 11) is 0. The van der Waals surface area contributed by atoms with Crippen molar-refractivity contribution >= 4 is 39.7 Å². The summed E-state index contributed by atoms with van der Waals surface area (Å²) in [5, 5.41) is 13.3. The van der Waals surface area contributed by atoms with Gasteiger partial charge in [-0.1, -0.05) is 56.1 Å². The Morgan fingerprint density at radius 1 is 1.22 bits per heavy atom. The third-order valence-corrected chi connectivity index (χ3v) is 5.49. The number of nitrogens with one attached hydrogen (secondary N) is 1. The first kappa shape index (κ1) is 19.6. The molecule has 0 bridgehead atoms. The summed E-state index contributed by atoms with van der Waals surface area (Å²) in [4.78, 5) is 16.8. The Kier molecular flexibility index (Phi) is 6.66. The molecule has 0 fully saturated rings. The molecular weight excluding hydrogens is 358 g/mol. The molecule has 2 aromatic heterocycles. The standard InChI is InChI=1S/C20H27N5OS/c1-4-6-7-10-14(3)21-17(26)13-27-20-22-19-18(23-24-20)15-11-8-9-12-16(15)25(19)5-2/h8-9,11-12,14H,4-7,10,13H2,1-3H3,(H,21,26). The number of hydrogen-bond donors (Lipinski definition) is 1. The van der Waals surface area contributed by atoms with Crippen LogP contribution in [0.5, 0.6) is 0 Å². The first-order valence-electron chi connectivity index (χ1n) is 9.67. The summed E-state index contributed by atoms with van der Waals surface area (Å²) in [5.41, 5.74) is 2.74. The summed E-state index contributed by atoms with van der Waals surface area (Å²) >= 11 is 1.33. The van der Waals surface area contributed by atoms with Gasteiger partial charge in [-0.25, -0.2) is 4.98 Å². The van der Waals surface area contributed by atoms with Gasteiger partial charge in [-0.15, -0.1) is 10.2 Å². The second-order valence-corrected chi connectivity index (χ2v) is 7.72. The van der Waals surface area contributed by atoms with E-state index in [0.29, 0.717) is 10.9 Å². The van der Waals surface area contributed by atoms with Crippen LogP contribution < -0.4 is 5.32 Å². The number of amides is 1. The van der Waals surface area contributed by atoms with Crippen LogP contribution in [0, 0.1) is 0 Å². The summed E-state index contributed by atoms with van der Waals surface area (Å²) in [5.74, 6) is 0.321. The molecule has 0 spiro atoms. The Bertz CT molecular complexity index is 923. The van der Waals surface area contributed by atoms with Crippen LogP contribution in [0.3, 0.4) is 0 Å². The molecule has 0 aliphatic rings. The third-order valence-electron chi connectivity index (χ3n) is 4.65. The van der Waals surface area contributed by atoms with E-state index in [0.717, 1.165) is 41.5 Å². The van der Waals surface area contributed by atoms with Gasteiger partial charge < -0.3 is 9.88 Å². The van der Waals surface area contributed by atoms with Crippen LogP contribution in [0.25, 0.3) is 22.1 Å². The van der Waals surface area contributed by atoms with Crippen molar-refractivity contribution in [3.8, 4) is 0 Å². The van der Waals surface area contributed by atoms with Crippen LogP contribution in [-0.4, -0.2) is 37.5 Å². The van der Waals surface area contributed by atoms with Gasteiger partial charge in [0.15, 0.2) is 5.65 Å². The van der Waals surface area contributed by atoms with E-state index in [1.165, 1.54) is 24.6 Å². The molecule has 3 aromatic rings. The highest BCUT2D eigenvalue weighted by atomic mass is 32.2. The minimum absolute atomic E-state index is 0.0173. The zero-order valence-corrected chi connectivity index (χ0v) is 17.1. The topological polar surface area (TPSA) is 72.7 Å². The lowest BCUT2D eigenvalue weighted by atomic mass is 10.1. The Morgan fingerprint density at radius 3 is 2.81 bits per heavy atom. The number of benzene rings is 1. The van der Waals surface area contributed by atoms with Gasteiger partial charge in [0.1, 0.15) is 5.52 Å². The predicted octanol–water partition coefficient (Wildman–Crippen LogP) is 4.18. The van der Waals surface area contributed by atoms with Crippen LogP contribution in [0.2, 0.25) is 0 Å². The van der Waals surface area contributed by atoms with Gasteiger partial charge in [0, 0.05) is 18.0 Å². The number of para-hydroxylation sites is 1. The zero-order valence-electron chi connectivity index (χ0n) is 16.2. The number of carbonyl (C=O) groups excluding carboxylic acids is 1. The maximum absolute atomic E-state index is 12.2. The van der Waals surface area contributed by atoms with Gasteiger partial charge in [-0.3, -0.25) is 4.79 Å². The van der Waals surface area contributed by atoms with Gasteiger partial charge in [-0.2, -0.15) is 0 Å². The highest BCUT2D eigenvalue weighted by Crippen LogP contribution is 2.26. The summed E-state index contributed by atoms with van der Waals surface area (Å²) in [6.07, 6.45) is 4.57. The SMILES string of the molecule is CCCCCC(C)NC(=O)CSc1nnc2c3ccccc3n(CC)c2n1. The molecule has 0 saturated heterocycles. The molecule has 0 saturated carbocycles. The van der Waals surface area contributed by atoms with Crippen molar-refractivity contribution in [3.05, 3.63) is 24.3 Å². The fraction of sp³-hybridized carbons (Fsp3) is 0.500. The number of thioether (sulfide) groups is 1. The maximum atomic E-state index is 12.2. The Labute approximate surface area is 164 Å². The average molecular weight is 386 g/mol. The molecule has 3 rings (SSSR count). The normalized spacial score (nSPS) is 12.6. The van der Waals surface area contributed by atoms with Gasteiger partial charge in [0.2, 0.25) is 11.1 Å². The lowest BCUT2D eigenvalue weighted by Crippen LogP contribution is -2.33. The molecule has 1 atom stereocenters. The number of aryl methyl sites for hydroxylation is 1. The first-order valence-corrected chi connectivity index (χ1v) is 10.7. The van der Waals surface area contributed by atoms with E-state index in [4.69, 9.17) is 0 Å². The molecule has 1 N–H and O–H groups in total. The average Bonchev–Trinajstić information content (AvgIpc) is 2.99. The van der Waals surface area contributed by atoms with Crippen LogP contribution in [0.1, 0.15) is 46.5 Å². The largest absolute Gasteiger partial charge is 0.353 e. The molecule has 27 heavy (non-hydrogen) atoms. The van der Waals surface area contributed by atoms with E-state index in [9.17, 15) is 4.79 Å². The van der Waals surface area contributed by atoms with Crippen molar-refractivity contribution in [3.63, 3.8) is 0 Å². The highest BCUT2D eigenvalue weighted by Gasteiger charge is 2.15. The van der Waals surface area contributed by atoms with E-state index in [1.54, 1.807) is 0 Å². The molecule has 0 aliphatic heterocycles. The Morgan fingerprint density at radius 2 is 2.04 bits per heavy atom. The highest BCUT2D eigenvalue weighted by molar-refractivity contribution is 7.99. The van der Waals surface area contributed by atoms with Crippen molar-refractivity contribution in [1.82, 2.24) is 25.1 Å². The minimum Gasteiger partial charge on any atom is -0.353 e. The molecule has 0 radical (unpaired) electrons. The maximum Gasteiger partial charge on any atom is 0.230 e. The predicted molar refractivity (Wildman–Crippen MR) is 111 cm³/mol. The molecule has 1 unspecified atom stereocenters. The quantitative estimate of drug-likeness (QED) is 0.442. The molecule has 2 heterocycles. The van der Waals surface area contributed by atoms with Crippen LogP contribution in [0.15, 0.2) is 29.4 Å². The van der Waals surface area contributed by atoms with Crippen molar-refractivity contribution < 1.29 is 4.79 Å². The molecule has 1 amide bonds. The van der Waals surface area contributed by atoms with Crippen molar-refractivity contribution in [2.75, 3.05) is 5.75 Å². The fourth-order valence-electron chi connectivity index (χ4n) is 3.29. The summed E-state index contributed by atoms with van der Waals surface area (Å²) in [6.45, 7) is 7.14. The molecule has 144 valence electrons. The van der Waals surface area contributed by atoms with Crippen LogP contribution in [-0.2, 0) is 11.3 Å². The van der Waals surface area contributed by atoms with Crippen LogP contribution in [0.4, 0.5) is 0 Å². The first-order chi connectivity index (χ1) is 13.1. The molecular formula is C20H27N5OS. The lowest BCUT2D eigenvalue weighted by Gasteiger charge is -2.13. The smallest absolute Gasteiger partial charge is 0.230 e. The fourth-order valence-corrected chi connectivity index (χ4v) is 3.88. The van der Waals surface area contributed by atoms with Gasteiger partial charge >= 0.3 is 0 Å². The minimum atomic E-state index is 0.0173. The van der Waals surface area contributed by atoms with E-state index in [2.05, 4.69) is 51.9 Å². The van der Waals surface area contributed by atoms with Gasteiger partial charge in [0.25, 0.3) is 0 Å². The van der Waals surface area contributed by atoms with Gasteiger partial charge in [0.05, 0.1) is 11.3 Å². The number of rotatable bonds is 9. The summed E-state index contributed by atoms with van der Waals surface area (Å²) < 4.78 is 2.14. The van der Waals surface area contributed by atoms with E-state index >= 15 is 0 Å². The van der Waals surface area contributed by atoms with Crippen molar-refractivity contribution in [2.24, 2.45) is 0 Å². The third kappa shape index (κ3) is 4.58. The monoisotopic (exact) mass is 385 g/mol. The number of nitrogens with zero attached hydrogens (tertiary/aromatic N) is 4. The van der Waals surface area contributed by atoms with Gasteiger partial charge in [-0.05, 0) is 26.3 Å². The summed E-state index contributed by atoms with van der Waals surface area (Å²) in [6, 6.07) is 8.33. The molecule has 7 heteroatoms. The van der Waals surface area contributed by atoms with E-state index < -0.39 is 0 Å². The number of aromatic nitrogens is 4. The molecule has 1 aromatic carbocycles. The molecule has 6 nitrogen and oxygen atoms in total. The second-order valence-electron chi connectivity index (χ2n) is 6.78. The zero-order chi connectivity index (χ0) is 19.2. The lowest BCUT2D eigenvalue weighted by molar-refractivity contribution is -0.119. The van der Waals surface area contributed by atoms with E-state index in [-0.39, 0.29) is 11.9 Å². The number of fused-ring (bicyclic) bond motifs is 3. The second kappa shape index (κ2) is 9.17. The van der Waals surface area contributed by atoms with E-state index in [1.807, 2.05) is 18.2 Å². The number of hydrogen-bond acceptors (Lipinski definition) is 5. The van der Waals surface area contributed by atoms with Crippen LogP contribution >= 0.6 is 11.8 Å².